The minimum Gasteiger partial charge on any atom is -0.456 e. The number of rotatable bonds is 11. The molecule has 3 aromatic rings. The van der Waals surface area contributed by atoms with Crippen molar-refractivity contribution in [2.45, 2.75) is 32.2 Å². The van der Waals surface area contributed by atoms with Gasteiger partial charge in [0, 0.05) is 41.0 Å². The van der Waals surface area contributed by atoms with Crippen molar-refractivity contribution in [3.05, 3.63) is 60.3 Å². The van der Waals surface area contributed by atoms with Crippen molar-refractivity contribution in [2.75, 3.05) is 31.5 Å². The van der Waals surface area contributed by atoms with E-state index < -0.39 is 0 Å². The predicted octanol–water partition coefficient (Wildman–Crippen LogP) is 4.38. The molecule has 2 aromatic carbocycles. The van der Waals surface area contributed by atoms with Gasteiger partial charge in [0.2, 0.25) is 5.91 Å². The van der Waals surface area contributed by atoms with E-state index in [9.17, 15) is 4.79 Å². The molecule has 34 heavy (non-hydrogen) atoms. The molecule has 0 unspecified atom stereocenters. The third kappa shape index (κ3) is 6.12. The zero-order valence-corrected chi connectivity index (χ0v) is 19.7. The first-order valence-corrected chi connectivity index (χ1v) is 11.9. The molecule has 178 valence electrons. The van der Waals surface area contributed by atoms with Gasteiger partial charge < -0.3 is 25.7 Å². The van der Waals surface area contributed by atoms with E-state index in [-0.39, 0.29) is 5.91 Å². The maximum absolute atomic E-state index is 12.0. The Morgan fingerprint density at radius 2 is 2.09 bits per heavy atom. The molecule has 0 saturated carbocycles. The van der Waals surface area contributed by atoms with E-state index in [1.807, 2.05) is 42.5 Å². The van der Waals surface area contributed by atoms with Crippen LogP contribution >= 0.6 is 0 Å². The highest BCUT2D eigenvalue weighted by atomic mass is 16.3. The third-order valence-corrected chi connectivity index (χ3v) is 5.91. The molecule has 1 fully saturated rings. The van der Waals surface area contributed by atoms with Crippen LogP contribution in [0.3, 0.4) is 0 Å². The maximum Gasteiger partial charge on any atom is 0.238 e. The van der Waals surface area contributed by atoms with Gasteiger partial charge in [-0.1, -0.05) is 6.92 Å². The molecule has 0 bridgehead atoms. The second-order valence-corrected chi connectivity index (χ2v) is 8.57. The molecule has 2 heterocycles. The van der Waals surface area contributed by atoms with Gasteiger partial charge in [-0.15, -0.1) is 0 Å². The van der Waals surface area contributed by atoms with Crippen molar-refractivity contribution in [3.8, 4) is 11.3 Å². The van der Waals surface area contributed by atoms with Crippen molar-refractivity contribution in [2.24, 2.45) is 4.99 Å². The zero-order chi connectivity index (χ0) is 23.8. The molecule has 1 atom stereocenters. The summed E-state index contributed by atoms with van der Waals surface area (Å²) in [6.45, 7) is 8.77. The number of nitrogens with zero attached hydrogens (tertiary/aromatic N) is 1. The summed E-state index contributed by atoms with van der Waals surface area (Å²) in [4.78, 5) is 16.0. The van der Waals surface area contributed by atoms with Gasteiger partial charge in [-0.2, -0.15) is 0 Å². The van der Waals surface area contributed by atoms with Crippen LogP contribution in [0.5, 0.6) is 0 Å². The van der Waals surface area contributed by atoms with E-state index in [1.54, 1.807) is 6.20 Å². The van der Waals surface area contributed by atoms with E-state index >= 15 is 0 Å². The lowest BCUT2D eigenvalue weighted by Crippen LogP contribution is -2.33. The van der Waals surface area contributed by atoms with E-state index in [1.165, 1.54) is 12.8 Å². The van der Waals surface area contributed by atoms with Crippen molar-refractivity contribution in [1.29, 1.82) is 0 Å². The number of nitrogens with one attached hydrogen (secondary N) is 4. The van der Waals surface area contributed by atoms with E-state index in [0.717, 1.165) is 65.3 Å². The second-order valence-electron chi connectivity index (χ2n) is 8.57. The van der Waals surface area contributed by atoms with Gasteiger partial charge in [0.15, 0.2) is 0 Å². The van der Waals surface area contributed by atoms with Crippen LogP contribution in [0.4, 0.5) is 5.69 Å². The number of aliphatic imine (C=N–C) groups is 1. The number of hydrogen-bond acceptors (Lipinski definition) is 6. The Labute approximate surface area is 200 Å². The number of furan rings is 1. The van der Waals surface area contributed by atoms with Crippen LogP contribution < -0.4 is 21.3 Å². The van der Waals surface area contributed by atoms with Crippen LogP contribution in [0.15, 0.2) is 64.1 Å². The van der Waals surface area contributed by atoms with Crippen molar-refractivity contribution in [3.63, 3.8) is 0 Å². The molecule has 1 aromatic heterocycles. The van der Waals surface area contributed by atoms with Crippen LogP contribution in [-0.4, -0.2) is 44.8 Å². The monoisotopic (exact) mass is 459 g/mol. The second kappa shape index (κ2) is 11.6. The number of anilines is 1. The summed E-state index contributed by atoms with van der Waals surface area (Å²) in [5, 5.41) is 14.0. The van der Waals surface area contributed by atoms with Crippen LogP contribution in [0.2, 0.25) is 0 Å². The number of benzene rings is 2. The van der Waals surface area contributed by atoms with Gasteiger partial charge in [-0.05, 0) is 87.6 Å². The number of amides is 1. The molecule has 0 radical (unpaired) electrons. The van der Waals surface area contributed by atoms with E-state index in [2.05, 4.69) is 46.0 Å². The van der Waals surface area contributed by atoms with Crippen molar-refractivity contribution in [1.82, 2.24) is 16.0 Å². The Hall–Kier alpha value is -3.42. The Balaban J connectivity index is 1.45. The number of carbonyl (C=O) groups excluding carboxylic acids is 1. The zero-order valence-electron chi connectivity index (χ0n) is 19.7. The average Bonchev–Trinajstić information content (AvgIpc) is 3.52. The summed E-state index contributed by atoms with van der Waals surface area (Å²) in [5.74, 6) is 0.734. The molecule has 4 N–H and O–H groups in total. The van der Waals surface area contributed by atoms with Crippen LogP contribution in [0.25, 0.3) is 28.0 Å². The Morgan fingerprint density at radius 1 is 1.24 bits per heavy atom. The molecule has 1 aliphatic heterocycles. The molecule has 0 spiro atoms. The van der Waals surface area contributed by atoms with Gasteiger partial charge >= 0.3 is 0 Å². The minimum absolute atomic E-state index is 0.0485. The summed E-state index contributed by atoms with van der Waals surface area (Å²) in [5.41, 5.74) is 4.53. The van der Waals surface area contributed by atoms with Crippen molar-refractivity contribution < 1.29 is 9.21 Å². The predicted molar refractivity (Wildman–Crippen MR) is 140 cm³/mol. The van der Waals surface area contributed by atoms with E-state index in [0.29, 0.717) is 12.6 Å². The Bertz CT molecular complexity index is 1140. The summed E-state index contributed by atoms with van der Waals surface area (Å²) in [6.07, 6.45) is 5.17. The number of fused-ring (bicyclic) bond motifs is 1. The molecule has 7 nitrogen and oxygen atoms in total. The van der Waals surface area contributed by atoms with Crippen LogP contribution in [0, 0.1) is 0 Å². The van der Waals surface area contributed by atoms with Crippen LogP contribution in [-0.2, 0) is 4.79 Å². The highest BCUT2D eigenvalue weighted by molar-refractivity contribution is 5.92. The van der Waals surface area contributed by atoms with Gasteiger partial charge in [-0.3, -0.25) is 9.79 Å². The average molecular weight is 460 g/mol. The molecule has 1 saturated heterocycles. The largest absolute Gasteiger partial charge is 0.456 e. The lowest BCUT2D eigenvalue weighted by atomic mass is 10.1. The number of carbonyl (C=O) groups is 1. The first-order valence-electron chi connectivity index (χ1n) is 11.9. The van der Waals surface area contributed by atoms with Gasteiger partial charge in [0.25, 0.3) is 0 Å². The van der Waals surface area contributed by atoms with Crippen molar-refractivity contribution >= 4 is 35.0 Å². The lowest BCUT2D eigenvalue weighted by molar-refractivity contribution is -0.115. The fourth-order valence-corrected chi connectivity index (χ4v) is 4.13. The van der Waals surface area contributed by atoms with E-state index in [4.69, 9.17) is 4.42 Å². The standard InChI is InChI=1S/C27H33N5O2/c1-3-12-29-18-27(33)32-22-9-6-19(7-10-22)26-15-21-14-20(8-11-25(21)34-26)24(17-28-2)31-16-23-5-4-13-30-23/h6-11,14-15,17,23,29-31H,2-5,12-13,16,18H2,1H3,(H,32,33)/b24-17-/t23-/m0/s1. The molecule has 0 aliphatic carbocycles. The third-order valence-electron chi connectivity index (χ3n) is 5.91. The highest BCUT2D eigenvalue weighted by Crippen LogP contribution is 2.30. The summed E-state index contributed by atoms with van der Waals surface area (Å²) < 4.78 is 6.09. The smallest absolute Gasteiger partial charge is 0.238 e. The highest BCUT2D eigenvalue weighted by Gasteiger charge is 2.15. The summed E-state index contributed by atoms with van der Waals surface area (Å²) in [7, 11) is 0. The van der Waals surface area contributed by atoms with Gasteiger partial charge in [-0.25, -0.2) is 0 Å². The van der Waals surface area contributed by atoms with Gasteiger partial charge in [0.1, 0.15) is 11.3 Å². The first kappa shape index (κ1) is 23.7. The SMILES string of the molecule is C=N/C=C(\NC[C@@H]1CCCN1)c1ccc2oc(-c3ccc(NC(=O)CNCCC)cc3)cc2c1. The Morgan fingerprint density at radius 3 is 2.82 bits per heavy atom. The van der Waals surface area contributed by atoms with Crippen LogP contribution in [0.1, 0.15) is 31.7 Å². The molecular weight excluding hydrogens is 426 g/mol. The molecule has 1 amide bonds. The van der Waals surface area contributed by atoms with Gasteiger partial charge in [0.05, 0.1) is 12.2 Å². The first-order chi connectivity index (χ1) is 16.7. The summed E-state index contributed by atoms with van der Waals surface area (Å²) in [6, 6.07) is 16.3. The Kier molecular flexibility index (Phi) is 8.12. The maximum atomic E-state index is 12.0. The fourth-order valence-electron chi connectivity index (χ4n) is 4.13. The number of hydrogen-bond donors (Lipinski definition) is 4. The molecular formula is C27H33N5O2. The molecule has 4 rings (SSSR count). The fraction of sp³-hybridized carbons (Fsp3) is 0.333. The lowest BCUT2D eigenvalue weighted by Gasteiger charge is -2.15. The quantitative estimate of drug-likeness (QED) is 0.252. The molecule has 1 aliphatic rings. The minimum atomic E-state index is -0.0485. The summed E-state index contributed by atoms with van der Waals surface area (Å²) >= 11 is 0. The molecule has 7 heteroatoms. The topological polar surface area (TPSA) is 90.7 Å². The normalized spacial score (nSPS) is 16.0.